The Balaban J connectivity index is 1.32. The van der Waals surface area contributed by atoms with E-state index in [1.54, 1.807) is 12.3 Å². The van der Waals surface area contributed by atoms with Gasteiger partial charge in [-0.15, -0.1) is 0 Å². The molecule has 3 aromatic heterocycles. The number of hydrogen-bond acceptors (Lipinski definition) is 7. The summed E-state index contributed by atoms with van der Waals surface area (Å²) in [5.74, 6) is 0.203. The molecule has 180 valence electrons. The van der Waals surface area contributed by atoms with Gasteiger partial charge in [0.2, 0.25) is 0 Å². The highest BCUT2D eigenvalue weighted by Crippen LogP contribution is 2.29. The standard InChI is InChI=1S/C25H26FN7O2/c1-2-3-4-20-30-25(35-33-20)24(34)29-14-17-6-5-16(13-19(17)26)18-9-12-28-23-21(18)31-22(32-23)15-7-10-27-11-8-15/h5-7,9,12-13,27H,2-4,8,10-11,14H2,1H3,(H,29,34)(H,28,31,32). The molecule has 0 spiro atoms. The van der Waals surface area contributed by atoms with Crippen molar-refractivity contribution in [1.29, 1.82) is 0 Å². The molecule has 0 unspecified atom stereocenters. The molecule has 1 aliphatic rings. The summed E-state index contributed by atoms with van der Waals surface area (Å²) in [7, 11) is 0. The maximum atomic E-state index is 15.0. The van der Waals surface area contributed by atoms with E-state index >= 15 is 0 Å². The highest BCUT2D eigenvalue weighted by Gasteiger charge is 2.17. The van der Waals surface area contributed by atoms with Crippen LogP contribution in [0.4, 0.5) is 4.39 Å². The number of amides is 1. The SMILES string of the molecule is CCCCc1noc(C(=O)NCc2ccc(-c3ccnc4[nH]c(C5=CCNCC5)nc34)cc2F)n1. The Morgan fingerprint density at radius 2 is 2.17 bits per heavy atom. The molecule has 0 saturated carbocycles. The second-order valence-electron chi connectivity index (χ2n) is 8.43. The molecule has 1 amide bonds. The number of rotatable bonds is 8. The lowest BCUT2D eigenvalue weighted by Gasteiger charge is -2.11. The van der Waals surface area contributed by atoms with Crippen LogP contribution in [0, 0.1) is 5.82 Å². The molecule has 35 heavy (non-hydrogen) atoms. The fourth-order valence-corrected chi connectivity index (χ4v) is 4.03. The second kappa shape index (κ2) is 10.1. The number of halogens is 1. The predicted molar refractivity (Wildman–Crippen MR) is 129 cm³/mol. The van der Waals surface area contributed by atoms with Crippen molar-refractivity contribution in [2.75, 3.05) is 13.1 Å². The van der Waals surface area contributed by atoms with Gasteiger partial charge >= 0.3 is 11.8 Å². The molecule has 0 atom stereocenters. The molecule has 0 bridgehead atoms. The van der Waals surface area contributed by atoms with Crippen molar-refractivity contribution >= 4 is 22.6 Å². The maximum absolute atomic E-state index is 15.0. The fraction of sp³-hybridized carbons (Fsp3) is 0.320. The Morgan fingerprint density at radius 1 is 1.26 bits per heavy atom. The van der Waals surface area contributed by atoms with Crippen LogP contribution >= 0.6 is 0 Å². The van der Waals surface area contributed by atoms with Crippen molar-refractivity contribution in [2.45, 2.75) is 39.2 Å². The van der Waals surface area contributed by atoms with Crippen molar-refractivity contribution in [3.63, 3.8) is 0 Å². The number of nitrogens with one attached hydrogen (secondary N) is 3. The first-order valence-corrected chi connectivity index (χ1v) is 11.8. The van der Waals surface area contributed by atoms with Gasteiger partial charge in [0.1, 0.15) is 17.2 Å². The van der Waals surface area contributed by atoms with Crippen LogP contribution in [-0.2, 0) is 13.0 Å². The molecule has 0 radical (unpaired) electrons. The highest BCUT2D eigenvalue weighted by molar-refractivity contribution is 5.91. The molecule has 4 heterocycles. The number of benzene rings is 1. The van der Waals surface area contributed by atoms with E-state index in [0.717, 1.165) is 49.3 Å². The van der Waals surface area contributed by atoms with E-state index in [9.17, 15) is 9.18 Å². The van der Waals surface area contributed by atoms with Crippen LogP contribution in [0.25, 0.3) is 27.9 Å². The first-order chi connectivity index (χ1) is 17.1. The number of pyridine rings is 1. The summed E-state index contributed by atoms with van der Waals surface area (Å²) >= 11 is 0. The Hall–Kier alpha value is -3.92. The first-order valence-electron chi connectivity index (χ1n) is 11.8. The van der Waals surface area contributed by atoms with Gasteiger partial charge in [0.15, 0.2) is 11.5 Å². The Kier molecular flexibility index (Phi) is 6.62. The van der Waals surface area contributed by atoms with Gasteiger partial charge in [-0.3, -0.25) is 4.79 Å². The monoisotopic (exact) mass is 475 g/mol. The van der Waals surface area contributed by atoms with Gasteiger partial charge in [0.05, 0.1) is 0 Å². The van der Waals surface area contributed by atoms with Gasteiger partial charge in [-0.05, 0) is 42.7 Å². The molecule has 10 heteroatoms. The van der Waals surface area contributed by atoms with Gasteiger partial charge in [0.25, 0.3) is 0 Å². The lowest BCUT2D eigenvalue weighted by atomic mass is 10.0. The molecule has 1 aromatic carbocycles. The van der Waals surface area contributed by atoms with Gasteiger partial charge in [-0.25, -0.2) is 14.4 Å². The Labute approximate surface area is 201 Å². The Morgan fingerprint density at radius 3 is 2.97 bits per heavy atom. The first kappa shape index (κ1) is 22.9. The van der Waals surface area contributed by atoms with E-state index in [0.29, 0.717) is 34.5 Å². The number of carbonyl (C=O) groups is 1. The lowest BCUT2D eigenvalue weighted by molar-refractivity contribution is 0.0906. The van der Waals surface area contributed by atoms with E-state index in [1.165, 1.54) is 6.07 Å². The molecule has 0 saturated heterocycles. The summed E-state index contributed by atoms with van der Waals surface area (Å²) in [5.41, 5.74) is 4.31. The third kappa shape index (κ3) is 4.97. The number of nitrogens with zero attached hydrogens (tertiary/aromatic N) is 4. The minimum absolute atomic E-state index is 0.00187. The highest BCUT2D eigenvalue weighted by atomic mass is 19.1. The third-order valence-corrected chi connectivity index (χ3v) is 5.97. The van der Waals surface area contributed by atoms with Crippen LogP contribution in [0.5, 0.6) is 0 Å². The molecule has 4 aromatic rings. The van der Waals surface area contributed by atoms with E-state index in [-0.39, 0.29) is 12.4 Å². The number of aromatic amines is 1. The molecule has 0 fully saturated rings. The summed E-state index contributed by atoms with van der Waals surface area (Å²) in [6, 6.07) is 6.74. The van der Waals surface area contributed by atoms with E-state index < -0.39 is 11.7 Å². The summed E-state index contributed by atoms with van der Waals surface area (Å²) in [6.07, 6.45) is 7.24. The third-order valence-electron chi connectivity index (χ3n) is 5.97. The van der Waals surface area contributed by atoms with Gasteiger partial charge < -0.3 is 20.1 Å². The molecular formula is C25H26FN7O2. The zero-order chi connectivity index (χ0) is 24.2. The topological polar surface area (TPSA) is 122 Å². The molecular weight excluding hydrogens is 449 g/mol. The quantitative estimate of drug-likeness (QED) is 0.354. The zero-order valence-corrected chi connectivity index (χ0v) is 19.4. The molecule has 3 N–H and O–H groups in total. The van der Waals surface area contributed by atoms with E-state index in [1.807, 2.05) is 12.1 Å². The van der Waals surface area contributed by atoms with E-state index in [4.69, 9.17) is 9.51 Å². The minimum atomic E-state index is -0.532. The largest absolute Gasteiger partial charge is 0.344 e. The average Bonchev–Trinajstić information content (AvgIpc) is 3.54. The molecule has 9 nitrogen and oxygen atoms in total. The van der Waals surface area contributed by atoms with Gasteiger partial charge in [-0.1, -0.05) is 36.7 Å². The normalized spacial score (nSPS) is 13.7. The van der Waals surface area contributed by atoms with E-state index in [2.05, 4.69) is 43.7 Å². The Bertz CT molecular complexity index is 1390. The lowest BCUT2D eigenvalue weighted by Crippen LogP contribution is -2.23. The number of H-pyrrole nitrogens is 1. The summed E-state index contributed by atoms with van der Waals surface area (Å²) < 4.78 is 20.0. The fourth-order valence-electron chi connectivity index (χ4n) is 4.03. The second-order valence-corrected chi connectivity index (χ2v) is 8.43. The number of fused-ring (bicyclic) bond motifs is 1. The van der Waals surface area contributed by atoms with Crippen molar-refractivity contribution in [3.05, 3.63) is 65.5 Å². The maximum Gasteiger partial charge on any atom is 0.315 e. The number of aryl methyl sites for hydroxylation is 1. The van der Waals surface area contributed by atoms with Crippen LogP contribution in [0.1, 0.15) is 54.1 Å². The predicted octanol–water partition coefficient (Wildman–Crippen LogP) is 3.80. The van der Waals surface area contributed by atoms with Crippen molar-refractivity contribution < 1.29 is 13.7 Å². The van der Waals surface area contributed by atoms with Crippen LogP contribution in [0.2, 0.25) is 0 Å². The summed E-state index contributed by atoms with van der Waals surface area (Å²) in [5, 5.41) is 9.74. The van der Waals surface area contributed by atoms with Crippen LogP contribution < -0.4 is 10.6 Å². The number of hydrogen-bond donors (Lipinski definition) is 3. The molecule has 5 rings (SSSR count). The number of aromatic nitrogens is 5. The van der Waals surface area contributed by atoms with Crippen molar-refractivity contribution in [3.8, 4) is 11.1 Å². The van der Waals surface area contributed by atoms with Gasteiger partial charge in [-0.2, -0.15) is 4.98 Å². The van der Waals surface area contributed by atoms with Crippen LogP contribution in [0.15, 0.2) is 41.1 Å². The minimum Gasteiger partial charge on any atom is -0.344 e. The van der Waals surface area contributed by atoms with Crippen LogP contribution in [-0.4, -0.2) is 44.1 Å². The number of carbonyl (C=O) groups excluding carboxylic acids is 1. The molecule has 0 aliphatic carbocycles. The van der Waals surface area contributed by atoms with Crippen molar-refractivity contribution in [1.82, 2.24) is 35.7 Å². The van der Waals surface area contributed by atoms with Crippen LogP contribution in [0.3, 0.4) is 0 Å². The average molecular weight is 476 g/mol. The number of imidazole rings is 1. The smallest absolute Gasteiger partial charge is 0.315 e. The molecule has 1 aliphatic heterocycles. The van der Waals surface area contributed by atoms with Crippen molar-refractivity contribution in [2.24, 2.45) is 0 Å². The zero-order valence-electron chi connectivity index (χ0n) is 19.4. The summed E-state index contributed by atoms with van der Waals surface area (Å²) in [4.78, 5) is 28.9. The number of unbranched alkanes of at least 4 members (excludes halogenated alkanes) is 1. The summed E-state index contributed by atoms with van der Waals surface area (Å²) in [6.45, 7) is 3.77. The van der Waals surface area contributed by atoms with Gasteiger partial charge in [0, 0.05) is 36.8 Å².